The lowest BCUT2D eigenvalue weighted by molar-refractivity contribution is -0.127. The molecule has 0 atom stereocenters. The van der Waals surface area contributed by atoms with E-state index in [0.29, 0.717) is 28.4 Å². The fourth-order valence-electron chi connectivity index (χ4n) is 2.17. The highest BCUT2D eigenvalue weighted by atomic mass is 35.5. The van der Waals surface area contributed by atoms with Crippen molar-refractivity contribution in [1.29, 1.82) is 0 Å². The molecule has 1 saturated carbocycles. The van der Waals surface area contributed by atoms with E-state index < -0.39 is 0 Å². The number of carbonyl (C=O) groups excluding carboxylic acids is 1. The number of hydrogen-bond donors (Lipinski definition) is 0. The smallest absolute Gasteiger partial charge is 0.233 e. The van der Waals surface area contributed by atoms with Gasteiger partial charge in [-0.1, -0.05) is 41.0 Å². The molecule has 0 aliphatic heterocycles. The second-order valence-electron chi connectivity index (χ2n) is 5.54. The van der Waals surface area contributed by atoms with E-state index in [0.717, 1.165) is 23.6 Å². The largest absolute Gasteiger partial charge is 0.341 e. The number of amides is 1. The molecule has 1 aliphatic rings. The SMILES string of the molecule is CN(Cc1ccc(Cl)c(Cl)c1)C(=O)CSc1nncn1C1CC1. The number of nitrogens with zero attached hydrogens (tertiary/aromatic N) is 4. The van der Waals surface area contributed by atoms with E-state index >= 15 is 0 Å². The molecule has 0 saturated heterocycles. The van der Waals surface area contributed by atoms with Gasteiger partial charge in [-0.3, -0.25) is 4.79 Å². The molecule has 5 nitrogen and oxygen atoms in total. The van der Waals surface area contributed by atoms with Crippen LogP contribution in [-0.2, 0) is 11.3 Å². The highest BCUT2D eigenvalue weighted by Gasteiger charge is 2.26. The molecule has 3 rings (SSSR count). The number of carbonyl (C=O) groups is 1. The summed E-state index contributed by atoms with van der Waals surface area (Å²) in [5, 5.41) is 9.84. The lowest BCUT2D eigenvalue weighted by atomic mass is 10.2. The normalized spacial score (nSPS) is 14.0. The zero-order valence-electron chi connectivity index (χ0n) is 12.6. The van der Waals surface area contributed by atoms with E-state index in [1.807, 2.05) is 6.07 Å². The van der Waals surface area contributed by atoms with Gasteiger partial charge in [0.1, 0.15) is 6.33 Å². The summed E-state index contributed by atoms with van der Waals surface area (Å²) in [6.45, 7) is 0.492. The molecule has 2 aromatic rings. The third-order valence-corrected chi connectivity index (χ3v) is 5.32. The van der Waals surface area contributed by atoms with Crippen molar-refractivity contribution in [1.82, 2.24) is 19.7 Å². The Hall–Kier alpha value is -1.24. The van der Waals surface area contributed by atoms with Crippen molar-refractivity contribution in [3.8, 4) is 0 Å². The molecule has 0 N–H and O–H groups in total. The summed E-state index contributed by atoms with van der Waals surface area (Å²) in [4.78, 5) is 14.0. The molecule has 0 radical (unpaired) electrons. The summed E-state index contributed by atoms with van der Waals surface area (Å²) < 4.78 is 2.05. The fourth-order valence-corrected chi connectivity index (χ4v) is 3.42. The number of thioether (sulfide) groups is 1. The second kappa shape index (κ2) is 7.11. The molecular formula is C15H16Cl2N4OS. The van der Waals surface area contributed by atoms with Gasteiger partial charge in [-0.05, 0) is 30.5 Å². The van der Waals surface area contributed by atoms with E-state index in [9.17, 15) is 4.79 Å². The Morgan fingerprint density at radius 3 is 2.87 bits per heavy atom. The van der Waals surface area contributed by atoms with Gasteiger partial charge < -0.3 is 9.47 Å². The molecule has 1 aliphatic carbocycles. The average Bonchev–Trinajstić information content (AvgIpc) is 3.27. The predicted molar refractivity (Wildman–Crippen MR) is 92.0 cm³/mol. The van der Waals surface area contributed by atoms with Gasteiger partial charge in [0, 0.05) is 19.6 Å². The number of hydrogen-bond acceptors (Lipinski definition) is 4. The van der Waals surface area contributed by atoms with Crippen molar-refractivity contribution in [2.24, 2.45) is 0 Å². The maximum Gasteiger partial charge on any atom is 0.233 e. The molecule has 23 heavy (non-hydrogen) atoms. The zero-order chi connectivity index (χ0) is 16.4. The lowest BCUT2D eigenvalue weighted by Gasteiger charge is -2.17. The van der Waals surface area contributed by atoms with Crippen LogP contribution in [0.3, 0.4) is 0 Å². The quantitative estimate of drug-likeness (QED) is 0.727. The fraction of sp³-hybridized carbons (Fsp3) is 0.400. The Morgan fingerprint density at radius 2 is 2.17 bits per heavy atom. The molecule has 1 heterocycles. The summed E-state index contributed by atoms with van der Waals surface area (Å²) in [5.41, 5.74) is 0.946. The summed E-state index contributed by atoms with van der Waals surface area (Å²) >= 11 is 13.3. The molecule has 0 spiro atoms. The summed E-state index contributed by atoms with van der Waals surface area (Å²) in [7, 11) is 1.77. The monoisotopic (exact) mass is 370 g/mol. The minimum atomic E-state index is 0.0337. The van der Waals surface area contributed by atoms with Gasteiger partial charge in [0.25, 0.3) is 0 Å². The average molecular weight is 371 g/mol. The molecule has 1 fully saturated rings. The predicted octanol–water partition coefficient (Wildman–Crippen LogP) is 3.67. The first kappa shape index (κ1) is 16.6. The Balaban J connectivity index is 1.54. The number of aromatic nitrogens is 3. The van der Waals surface area contributed by atoms with Gasteiger partial charge in [-0.2, -0.15) is 0 Å². The van der Waals surface area contributed by atoms with Gasteiger partial charge in [-0.15, -0.1) is 10.2 Å². The van der Waals surface area contributed by atoms with Crippen LogP contribution < -0.4 is 0 Å². The van der Waals surface area contributed by atoms with Crippen LogP contribution in [0.15, 0.2) is 29.7 Å². The minimum absolute atomic E-state index is 0.0337. The van der Waals surface area contributed by atoms with Crippen LogP contribution in [0, 0.1) is 0 Å². The van der Waals surface area contributed by atoms with Crippen molar-refractivity contribution in [2.45, 2.75) is 30.6 Å². The summed E-state index contributed by atoms with van der Waals surface area (Å²) in [6, 6.07) is 5.90. The highest BCUT2D eigenvalue weighted by Crippen LogP contribution is 2.37. The Kier molecular flexibility index (Phi) is 5.14. The molecule has 1 aromatic heterocycles. The molecule has 0 unspecified atom stereocenters. The van der Waals surface area contributed by atoms with E-state index in [2.05, 4.69) is 14.8 Å². The van der Waals surface area contributed by atoms with Crippen LogP contribution in [0.5, 0.6) is 0 Å². The van der Waals surface area contributed by atoms with E-state index in [1.165, 1.54) is 11.8 Å². The third kappa shape index (κ3) is 4.19. The molecular weight excluding hydrogens is 355 g/mol. The first-order valence-corrected chi connectivity index (χ1v) is 8.99. The topological polar surface area (TPSA) is 51.0 Å². The maximum atomic E-state index is 12.3. The Morgan fingerprint density at radius 1 is 1.39 bits per heavy atom. The van der Waals surface area contributed by atoms with Crippen molar-refractivity contribution >= 4 is 40.9 Å². The van der Waals surface area contributed by atoms with Crippen LogP contribution in [0.25, 0.3) is 0 Å². The molecule has 122 valence electrons. The Labute approximate surface area is 149 Å². The van der Waals surface area contributed by atoms with Gasteiger partial charge >= 0.3 is 0 Å². The van der Waals surface area contributed by atoms with Crippen LogP contribution in [0.2, 0.25) is 10.0 Å². The maximum absolute atomic E-state index is 12.3. The first-order chi connectivity index (χ1) is 11.0. The van der Waals surface area contributed by atoms with E-state index in [1.54, 1.807) is 30.4 Å². The van der Waals surface area contributed by atoms with Crippen LogP contribution in [0.4, 0.5) is 0 Å². The van der Waals surface area contributed by atoms with Crippen molar-refractivity contribution < 1.29 is 4.79 Å². The number of benzene rings is 1. The third-order valence-electron chi connectivity index (χ3n) is 3.63. The van der Waals surface area contributed by atoms with E-state index in [-0.39, 0.29) is 5.91 Å². The second-order valence-corrected chi connectivity index (χ2v) is 7.30. The van der Waals surface area contributed by atoms with Crippen molar-refractivity contribution in [3.05, 3.63) is 40.1 Å². The summed E-state index contributed by atoms with van der Waals surface area (Å²) in [6.07, 6.45) is 4.07. The minimum Gasteiger partial charge on any atom is -0.341 e. The van der Waals surface area contributed by atoms with Gasteiger partial charge in [0.05, 0.1) is 15.8 Å². The zero-order valence-corrected chi connectivity index (χ0v) is 14.9. The van der Waals surface area contributed by atoms with Crippen LogP contribution in [-0.4, -0.2) is 38.4 Å². The van der Waals surface area contributed by atoms with Crippen molar-refractivity contribution in [3.63, 3.8) is 0 Å². The highest BCUT2D eigenvalue weighted by molar-refractivity contribution is 7.99. The Bertz CT molecular complexity index is 717. The lowest BCUT2D eigenvalue weighted by Crippen LogP contribution is -2.27. The number of halogens is 2. The standard InChI is InChI=1S/C15H16Cl2N4OS/c1-20(7-10-2-5-12(16)13(17)6-10)14(22)8-23-15-19-18-9-21(15)11-3-4-11/h2,5-6,9,11H,3-4,7-8H2,1H3. The van der Waals surface area contributed by atoms with Gasteiger partial charge in [0.15, 0.2) is 5.16 Å². The number of rotatable bonds is 6. The van der Waals surface area contributed by atoms with Crippen LogP contribution in [0.1, 0.15) is 24.4 Å². The molecule has 8 heteroatoms. The summed E-state index contributed by atoms with van der Waals surface area (Å²) in [5.74, 6) is 0.370. The first-order valence-electron chi connectivity index (χ1n) is 7.25. The van der Waals surface area contributed by atoms with Gasteiger partial charge in [0.2, 0.25) is 5.91 Å². The van der Waals surface area contributed by atoms with Crippen LogP contribution >= 0.6 is 35.0 Å². The van der Waals surface area contributed by atoms with Gasteiger partial charge in [-0.25, -0.2) is 0 Å². The molecule has 0 bridgehead atoms. The molecule has 1 amide bonds. The molecule has 1 aromatic carbocycles. The van der Waals surface area contributed by atoms with Crippen molar-refractivity contribution in [2.75, 3.05) is 12.8 Å². The van der Waals surface area contributed by atoms with E-state index in [4.69, 9.17) is 23.2 Å².